The largest absolute Gasteiger partial charge is 0.228 e. The van der Waals surface area contributed by atoms with Gasteiger partial charge in [0.15, 0.2) is 0 Å². The molecule has 2 aliphatic rings. The second kappa shape index (κ2) is 6.36. The van der Waals surface area contributed by atoms with E-state index in [4.69, 9.17) is 5.14 Å². The molecule has 4 rings (SSSR count). The van der Waals surface area contributed by atoms with E-state index in [2.05, 4.69) is 43.3 Å². The summed E-state index contributed by atoms with van der Waals surface area (Å²) >= 11 is 0. The molecule has 26 heavy (non-hydrogen) atoms. The highest BCUT2D eigenvalue weighted by molar-refractivity contribution is 7.88. The molecule has 0 aliphatic heterocycles. The van der Waals surface area contributed by atoms with Gasteiger partial charge in [-0.3, -0.25) is 0 Å². The lowest BCUT2D eigenvalue weighted by molar-refractivity contribution is 0.157. The molecular weight excluding hydrogens is 342 g/mol. The van der Waals surface area contributed by atoms with Crippen molar-refractivity contribution in [2.75, 3.05) is 0 Å². The summed E-state index contributed by atoms with van der Waals surface area (Å²) in [4.78, 5) is 0. The number of allylic oxidation sites excluding steroid dienone is 2. The molecule has 0 amide bonds. The van der Waals surface area contributed by atoms with E-state index in [-0.39, 0.29) is 5.75 Å². The van der Waals surface area contributed by atoms with Gasteiger partial charge in [0.25, 0.3) is 0 Å². The van der Waals surface area contributed by atoms with E-state index in [0.29, 0.717) is 5.41 Å². The zero-order valence-electron chi connectivity index (χ0n) is 15.2. The maximum atomic E-state index is 11.3. The summed E-state index contributed by atoms with van der Waals surface area (Å²) in [7, 11) is -3.49. The van der Waals surface area contributed by atoms with Gasteiger partial charge in [-0.25, -0.2) is 13.6 Å². The topological polar surface area (TPSA) is 60.2 Å². The van der Waals surface area contributed by atoms with E-state index in [1.54, 1.807) is 0 Å². The van der Waals surface area contributed by atoms with Crippen LogP contribution in [0.2, 0.25) is 0 Å². The maximum Gasteiger partial charge on any atom is 0.213 e. The summed E-state index contributed by atoms with van der Waals surface area (Å²) in [5, 5.41) is 5.16. The predicted octanol–water partition coefficient (Wildman–Crippen LogP) is 4.66. The van der Waals surface area contributed by atoms with Gasteiger partial charge in [-0.15, -0.1) is 0 Å². The van der Waals surface area contributed by atoms with Gasteiger partial charge < -0.3 is 0 Å². The smallest absolute Gasteiger partial charge is 0.213 e. The van der Waals surface area contributed by atoms with Crippen molar-refractivity contribution in [1.29, 1.82) is 0 Å². The number of sulfonamides is 1. The number of hydrogen-bond acceptors (Lipinski definition) is 2. The fourth-order valence-corrected chi connectivity index (χ4v) is 5.06. The highest BCUT2D eigenvalue weighted by Crippen LogP contribution is 2.59. The van der Waals surface area contributed by atoms with Crippen molar-refractivity contribution in [3.63, 3.8) is 0 Å². The fraction of sp³-hybridized carbons (Fsp3) is 0.364. The molecule has 0 unspecified atom stereocenters. The molecule has 4 heteroatoms. The Bertz CT molecular complexity index is 950. The average molecular weight is 368 g/mol. The van der Waals surface area contributed by atoms with Crippen molar-refractivity contribution >= 4 is 21.2 Å². The number of benzene rings is 2. The zero-order chi connectivity index (χ0) is 18.4. The second-order valence-electron chi connectivity index (χ2n) is 8.03. The third kappa shape index (κ3) is 3.49. The van der Waals surface area contributed by atoms with Crippen LogP contribution in [0.1, 0.15) is 54.4 Å². The summed E-state index contributed by atoms with van der Waals surface area (Å²) in [6, 6.07) is 16.7. The Balaban J connectivity index is 1.70. The molecule has 136 valence electrons. The van der Waals surface area contributed by atoms with Crippen LogP contribution >= 0.6 is 0 Å². The molecule has 1 spiro atoms. The van der Waals surface area contributed by atoms with Crippen molar-refractivity contribution in [2.24, 2.45) is 10.6 Å². The van der Waals surface area contributed by atoms with Gasteiger partial charge >= 0.3 is 0 Å². The van der Waals surface area contributed by atoms with Crippen LogP contribution < -0.4 is 5.14 Å². The number of rotatable bonds is 4. The monoisotopic (exact) mass is 367 g/mol. The van der Waals surface area contributed by atoms with Crippen molar-refractivity contribution in [1.82, 2.24) is 0 Å². The lowest BCUT2D eigenvalue weighted by Crippen LogP contribution is -2.26. The van der Waals surface area contributed by atoms with Crippen molar-refractivity contribution < 1.29 is 8.42 Å². The maximum absolute atomic E-state index is 11.3. The first-order chi connectivity index (χ1) is 12.3. The quantitative estimate of drug-likeness (QED) is 0.854. The van der Waals surface area contributed by atoms with Crippen LogP contribution in [0.15, 0.2) is 48.5 Å². The Hall–Kier alpha value is -1.91. The second-order valence-corrected chi connectivity index (χ2v) is 9.65. The zero-order valence-corrected chi connectivity index (χ0v) is 16.0. The summed E-state index contributed by atoms with van der Waals surface area (Å²) in [5.74, 6) is -0.110. The minimum Gasteiger partial charge on any atom is -0.228 e. The molecule has 2 aromatic carbocycles. The van der Waals surface area contributed by atoms with Gasteiger partial charge in [0.1, 0.15) is 0 Å². The Kier molecular flexibility index (Phi) is 4.28. The number of nitrogens with two attached hydrogens (primary N) is 1. The van der Waals surface area contributed by atoms with E-state index >= 15 is 0 Å². The van der Waals surface area contributed by atoms with Gasteiger partial charge in [-0.2, -0.15) is 0 Å². The molecule has 2 aliphatic carbocycles. The van der Waals surface area contributed by atoms with Crippen LogP contribution in [0.4, 0.5) is 0 Å². The van der Waals surface area contributed by atoms with Crippen LogP contribution in [0.5, 0.6) is 0 Å². The van der Waals surface area contributed by atoms with E-state index in [9.17, 15) is 8.42 Å². The Labute approximate surface area is 156 Å². The van der Waals surface area contributed by atoms with Gasteiger partial charge in [0.2, 0.25) is 10.0 Å². The first-order valence-corrected chi connectivity index (χ1v) is 10.9. The molecule has 0 atom stereocenters. The van der Waals surface area contributed by atoms with Crippen molar-refractivity contribution in [3.8, 4) is 0 Å². The van der Waals surface area contributed by atoms with E-state index in [1.165, 1.54) is 47.1 Å². The fourth-order valence-electron chi connectivity index (χ4n) is 4.40. The predicted molar refractivity (Wildman–Crippen MR) is 107 cm³/mol. The highest BCUT2D eigenvalue weighted by Gasteiger charge is 2.43. The average Bonchev–Trinajstić information content (AvgIpc) is 2.96. The molecule has 1 saturated carbocycles. The number of primary sulfonamides is 1. The molecule has 0 aromatic heterocycles. The van der Waals surface area contributed by atoms with Gasteiger partial charge in [-0.05, 0) is 65.9 Å². The molecule has 0 radical (unpaired) electrons. The SMILES string of the molecule is Cc1ccc(C2=C(c3ccc(CS(N)(=O)=O)cc3)CC3(CCC3)C2)cc1. The Morgan fingerprint density at radius 1 is 0.885 bits per heavy atom. The summed E-state index contributed by atoms with van der Waals surface area (Å²) < 4.78 is 22.6. The third-order valence-corrected chi connectivity index (χ3v) is 6.69. The van der Waals surface area contributed by atoms with Crippen LogP contribution in [-0.4, -0.2) is 8.42 Å². The highest BCUT2D eigenvalue weighted by atomic mass is 32.2. The molecule has 0 heterocycles. The van der Waals surface area contributed by atoms with Crippen molar-refractivity contribution in [3.05, 3.63) is 70.8 Å². The van der Waals surface area contributed by atoms with Crippen molar-refractivity contribution in [2.45, 2.75) is 44.8 Å². The van der Waals surface area contributed by atoms with Gasteiger partial charge in [0, 0.05) is 0 Å². The van der Waals surface area contributed by atoms with E-state index in [1.807, 2.05) is 12.1 Å². The minimum atomic E-state index is -3.49. The first kappa shape index (κ1) is 17.5. The molecule has 2 N–H and O–H groups in total. The lowest BCUT2D eigenvalue weighted by Gasteiger charge is -2.39. The van der Waals surface area contributed by atoms with Gasteiger partial charge in [0.05, 0.1) is 5.75 Å². The Morgan fingerprint density at radius 3 is 1.81 bits per heavy atom. The lowest BCUT2D eigenvalue weighted by atomic mass is 9.66. The summed E-state index contributed by atoms with van der Waals surface area (Å²) in [5.41, 5.74) is 7.89. The Morgan fingerprint density at radius 2 is 1.38 bits per heavy atom. The molecule has 0 bridgehead atoms. The molecule has 3 nitrogen and oxygen atoms in total. The number of aryl methyl sites for hydroxylation is 1. The number of hydrogen-bond donors (Lipinski definition) is 1. The molecular formula is C22H25NO2S. The van der Waals surface area contributed by atoms with Crippen LogP contribution in [0, 0.1) is 12.3 Å². The third-order valence-electron chi connectivity index (χ3n) is 5.95. The van der Waals surface area contributed by atoms with E-state index < -0.39 is 10.0 Å². The molecule has 2 aromatic rings. The molecule has 1 fully saturated rings. The standard InChI is InChI=1S/C22H25NO2S/c1-16-3-7-18(8-4-16)20-13-22(11-2-12-22)14-21(20)19-9-5-17(6-10-19)15-26(23,24)25/h3-10H,2,11-15H2,1H3,(H2,23,24,25). The first-order valence-electron chi connectivity index (χ1n) is 9.23. The van der Waals surface area contributed by atoms with E-state index in [0.717, 1.165) is 18.4 Å². The summed E-state index contributed by atoms with van der Waals surface area (Å²) in [6.07, 6.45) is 6.25. The van der Waals surface area contributed by atoms with Gasteiger partial charge in [-0.1, -0.05) is 60.5 Å². The van der Waals surface area contributed by atoms with Crippen LogP contribution in [0.3, 0.4) is 0 Å². The molecule has 0 saturated heterocycles. The minimum absolute atomic E-state index is 0.110. The van der Waals surface area contributed by atoms with Crippen LogP contribution in [0.25, 0.3) is 11.1 Å². The van der Waals surface area contributed by atoms with Crippen LogP contribution in [-0.2, 0) is 15.8 Å². The summed E-state index contributed by atoms with van der Waals surface area (Å²) in [6.45, 7) is 2.12. The normalized spacial score (nSPS) is 19.0.